The molecule has 2 heteroatoms. The van der Waals surface area contributed by atoms with Crippen molar-refractivity contribution in [1.29, 1.82) is 0 Å². The lowest BCUT2D eigenvalue weighted by molar-refractivity contribution is 0.0444. The first-order chi connectivity index (χ1) is 7.79. The van der Waals surface area contributed by atoms with Crippen LogP contribution in [0.2, 0.25) is 0 Å². The molecule has 2 N–H and O–H groups in total. The Hall–Kier alpha value is -1.30. The fourth-order valence-corrected chi connectivity index (χ4v) is 1.62. The average Bonchev–Trinajstić information content (AvgIpc) is 2.34. The van der Waals surface area contributed by atoms with E-state index in [4.69, 9.17) is 10.5 Å². The monoisotopic (exact) mass is 217 g/mol. The van der Waals surface area contributed by atoms with Gasteiger partial charge in [0.1, 0.15) is 0 Å². The Balaban J connectivity index is 2.76. The van der Waals surface area contributed by atoms with Crippen LogP contribution >= 0.6 is 0 Å². The minimum Gasteiger partial charge on any atom is -0.372 e. The predicted molar refractivity (Wildman–Crippen MR) is 66.9 cm³/mol. The van der Waals surface area contributed by atoms with Crippen LogP contribution in [0.1, 0.15) is 31.9 Å². The van der Waals surface area contributed by atoms with E-state index in [2.05, 4.69) is 11.8 Å². The highest BCUT2D eigenvalue weighted by Gasteiger charge is 2.18. The molecule has 0 aliphatic rings. The molecule has 0 bridgehead atoms. The first-order valence-corrected chi connectivity index (χ1v) is 5.61. The van der Waals surface area contributed by atoms with Gasteiger partial charge in [0.05, 0.1) is 6.10 Å². The summed E-state index contributed by atoms with van der Waals surface area (Å²) in [5, 5.41) is 0. The highest BCUT2D eigenvalue weighted by molar-refractivity contribution is 5.20. The van der Waals surface area contributed by atoms with E-state index in [9.17, 15) is 0 Å². The van der Waals surface area contributed by atoms with Crippen LogP contribution < -0.4 is 5.73 Å². The third-order valence-corrected chi connectivity index (χ3v) is 2.38. The highest BCUT2D eigenvalue weighted by Crippen LogP contribution is 2.21. The number of rotatable bonds is 5. The molecular formula is C14H19NO. The van der Waals surface area contributed by atoms with Gasteiger partial charge in [-0.3, -0.25) is 0 Å². The molecule has 1 rings (SSSR count). The third kappa shape index (κ3) is 3.69. The molecular weight excluding hydrogens is 198 g/mol. The van der Waals surface area contributed by atoms with E-state index in [0.29, 0.717) is 13.0 Å². The molecule has 1 aromatic rings. The lowest BCUT2D eigenvalue weighted by Crippen LogP contribution is -2.30. The van der Waals surface area contributed by atoms with Crippen LogP contribution in [0.5, 0.6) is 0 Å². The lowest BCUT2D eigenvalue weighted by Gasteiger charge is -2.22. The van der Waals surface area contributed by atoms with Gasteiger partial charge >= 0.3 is 0 Å². The fraction of sp³-hybridized carbons (Fsp3) is 0.429. The Morgan fingerprint density at radius 1 is 1.31 bits per heavy atom. The van der Waals surface area contributed by atoms with Crippen molar-refractivity contribution in [2.24, 2.45) is 5.73 Å². The summed E-state index contributed by atoms with van der Waals surface area (Å²) in [4.78, 5) is 0. The molecule has 0 saturated carbocycles. The third-order valence-electron chi connectivity index (χ3n) is 2.38. The summed E-state index contributed by atoms with van der Waals surface area (Å²) >= 11 is 0. The van der Waals surface area contributed by atoms with E-state index in [0.717, 1.165) is 5.56 Å². The largest absolute Gasteiger partial charge is 0.372 e. The van der Waals surface area contributed by atoms with E-state index in [1.807, 2.05) is 44.2 Å². The number of hydrogen-bond acceptors (Lipinski definition) is 2. The first-order valence-electron chi connectivity index (χ1n) is 5.61. The van der Waals surface area contributed by atoms with E-state index < -0.39 is 0 Å². The summed E-state index contributed by atoms with van der Waals surface area (Å²) in [6.07, 6.45) is 0.600. The molecule has 2 atom stereocenters. The maximum atomic E-state index is 6.09. The molecule has 1 aromatic carbocycles. The van der Waals surface area contributed by atoms with Gasteiger partial charge in [-0.1, -0.05) is 30.3 Å². The molecule has 0 aliphatic heterocycles. The molecule has 0 heterocycles. The van der Waals surface area contributed by atoms with Gasteiger partial charge in [-0.25, -0.2) is 0 Å². The van der Waals surface area contributed by atoms with Crippen molar-refractivity contribution < 1.29 is 4.74 Å². The Bertz CT molecular complexity index is 350. The van der Waals surface area contributed by atoms with Crippen LogP contribution in [0.4, 0.5) is 0 Å². The Morgan fingerprint density at radius 3 is 2.56 bits per heavy atom. The molecule has 0 amide bonds. The van der Waals surface area contributed by atoms with Crippen molar-refractivity contribution in [2.45, 2.75) is 32.4 Å². The van der Waals surface area contributed by atoms with Crippen LogP contribution in [-0.2, 0) is 4.74 Å². The molecule has 2 nitrogen and oxygen atoms in total. The smallest absolute Gasteiger partial charge is 0.0984 e. The van der Waals surface area contributed by atoms with Gasteiger partial charge in [0.15, 0.2) is 0 Å². The molecule has 0 saturated heterocycles. The summed E-state index contributed by atoms with van der Waals surface area (Å²) in [5.41, 5.74) is 7.21. The van der Waals surface area contributed by atoms with Gasteiger partial charge in [0.2, 0.25) is 0 Å². The number of ether oxygens (including phenoxy) is 1. The maximum absolute atomic E-state index is 6.09. The van der Waals surface area contributed by atoms with E-state index in [1.165, 1.54) is 0 Å². The van der Waals surface area contributed by atoms with Gasteiger partial charge in [0, 0.05) is 19.1 Å². The number of nitrogens with two attached hydrogens (primary N) is 1. The zero-order chi connectivity index (χ0) is 11.8. The second-order valence-electron chi connectivity index (χ2n) is 3.58. The van der Waals surface area contributed by atoms with E-state index in [-0.39, 0.29) is 12.1 Å². The van der Waals surface area contributed by atoms with Crippen molar-refractivity contribution in [3.8, 4) is 11.8 Å². The molecule has 0 radical (unpaired) electrons. The molecule has 16 heavy (non-hydrogen) atoms. The van der Waals surface area contributed by atoms with Crippen LogP contribution in [-0.4, -0.2) is 12.6 Å². The molecule has 0 fully saturated rings. The minimum atomic E-state index is -0.0743. The van der Waals surface area contributed by atoms with Crippen LogP contribution in [0.15, 0.2) is 30.3 Å². The van der Waals surface area contributed by atoms with Crippen molar-refractivity contribution in [2.75, 3.05) is 6.61 Å². The van der Waals surface area contributed by atoms with Gasteiger partial charge in [-0.2, -0.15) is 0 Å². The highest BCUT2D eigenvalue weighted by atomic mass is 16.5. The van der Waals surface area contributed by atoms with Gasteiger partial charge in [0.25, 0.3) is 0 Å². The summed E-state index contributed by atoms with van der Waals surface area (Å²) in [7, 11) is 0. The zero-order valence-corrected chi connectivity index (χ0v) is 9.94. The first kappa shape index (κ1) is 12.8. The van der Waals surface area contributed by atoms with E-state index >= 15 is 0 Å². The molecule has 2 unspecified atom stereocenters. The van der Waals surface area contributed by atoms with Crippen molar-refractivity contribution in [3.05, 3.63) is 35.9 Å². The van der Waals surface area contributed by atoms with Gasteiger partial charge < -0.3 is 10.5 Å². The quantitative estimate of drug-likeness (QED) is 0.769. The van der Waals surface area contributed by atoms with Gasteiger partial charge in [-0.15, -0.1) is 11.8 Å². The molecule has 0 spiro atoms. The Morgan fingerprint density at radius 2 is 2.00 bits per heavy atom. The van der Waals surface area contributed by atoms with Crippen molar-refractivity contribution in [3.63, 3.8) is 0 Å². The molecule has 86 valence electrons. The SMILES string of the molecule is CC#CCC(N)C(OCC)c1ccccc1. The minimum absolute atomic E-state index is 0.0629. The van der Waals surface area contributed by atoms with Crippen molar-refractivity contribution in [1.82, 2.24) is 0 Å². The predicted octanol–water partition coefficient (Wildman–Crippen LogP) is 2.50. The fourth-order valence-electron chi connectivity index (χ4n) is 1.62. The van der Waals surface area contributed by atoms with Crippen LogP contribution in [0, 0.1) is 11.8 Å². The summed E-state index contributed by atoms with van der Waals surface area (Å²) in [6, 6.07) is 10.00. The standard InChI is InChI=1S/C14H19NO/c1-3-5-11-13(15)14(16-4-2)12-9-7-6-8-10-12/h6-10,13-14H,4,11,15H2,1-2H3. The molecule has 0 aliphatic carbocycles. The van der Waals surface area contributed by atoms with E-state index in [1.54, 1.807) is 0 Å². The van der Waals surface area contributed by atoms with Crippen molar-refractivity contribution >= 4 is 0 Å². The maximum Gasteiger partial charge on any atom is 0.0984 e. The second-order valence-corrected chi connectivity index (χ2v) is 3.58. The lowest BCUT2D eigenvalue weighted by atomic mass is 10.0. The summed E-state index contributed by atoms with van der Waals surface area (Å²) < 4.78 is 5.69. The normalized spacial score (nSPS) is 13.7. The summed E-state index contributed by atoms with van der Waals surface area (Å²) in [6.45, 7) is 4.46. The topological polar surface area (TPSA) is 35.2 Å². The van der Waals surface area contributed by atoms with Crippen LogP contribution in [0.25, 0.3) is 0 Å². The number of hydrogen-bond donors (Lipinski definition) is 1. The van der Waals surface area contributed by atoms with Crippen LogP contribution in [0.3, 0.4) is 0 Å². The summed E-state index contributed by atoms with van der Waals surface area (Å²) in [5.74, 6) is 5.86. The molecule has 0 aromatic heterocycles. The average molecular weight is 217 g/mol. The number of benzene rings is 1. The Labute approximate surface area is 97.8 Å². The van der Waals surface area contributed by atoms with Gasteiger partial charge in [-0.05, 0) is 19.4 Å². The zero-order valence-electron chi connectivity index (χ0n) is 9.94. The Kier molecular flexibility index (Phi) is 5.63. The second kappa shape index (κ2) is 7.05.